The van der Waals surface area contributed by atoms with Crippen LogP contribution in [0.25, 0.3) is 0 Å². The average Bonchev–Trinajstić information content (AvgIpc) is 2.68. The third kappa shape index (κ3) is 6.84. The van der Waals surface area contributed by atoms with Gasteiger partial charge in [-0.05, 0) is 66.6 Å². The Bertz CT molecular complexity index is 803. The van der Waals surface area contributed by atoms with E-state index in [1.807, 2.05) is 12.1 Å². The topological polar surface area (TPSA) is 84.6 Å². The summed E-state index contributed by atoms with van der Waals surface area (Å²) in [4.78, 5) is 11.8. The number of carbonyl (C=O) groups excluding carboxylic acids is 1. The molecule has 1 atom stereocenters. The van der Waals surface area contributed by atoms with Crippen LogP contribution in [0.4, 0.5) is 10.1 Å². The number of aliphatic hydroxyl groups excluding tert-OH is 1. The van der Waals surface area contributed by atoms with Crippen molar-refractivity contribution in [1.82, 2.24) is 0 Å². The standard InChI is InChI=1S/C23H31FN2O3/c1-15(2)14-29-23-9-8-22(26-16(3)28)20(21(23)11-18(12-25)13-27)10-17-4-6-19(24)7-5-17/h4-9,15,18,27H,10-14,25H2,1-3H3,(H,26,28)/t18-/m0/s1. The molecule has 0 unspecified atom stereocenters. The van der Waals surface area contributed by atoms with Crippen molar-refractivity contribution in [2.45, 2.75) is 33.6 Å². The average molecular weight is 403 g/mol. The summed E-state index contributed by atoms with van der Waals surface area (Å²) in [5.74, 6) is 0.465. The van der Waals surface area contributed by atoms with E-state index in [0.717, 1.165) is 22.4 Å². The summed E-state index contributed by atoms with van der Waals surface area (Å²) in [6.45, 7) is 6.44. The van der Waals surface area contributed by atoms with E-state index in [0.29, 0.717) is 37.6 Å². The number of rotatable bonds is 10. The maximum absolute atomic E-state index is 13.3. The number of anilines is 1. The largest absolute Gasteiger partial charge is 0.493 e. The minimum atomic E-state index is -0.298. The molecule has 0 saturated heterocycles. The lowest BCUT2D eigenvalue weighted by molar-refractivity contribution is -0.114. The Kier molecular flexibility index (Phi) is 8.61. The van der Waals surface area contributed by atoms with Crippen molar-refractivity contribution >= 4 is 11.6 Å². The minimum absolute atomic E-state index is 0.0412. The third-order valence-electron chi connectivity index (χ3n) is 4.65. The van der Waals surface area contributed by atoms with Crippen molar-refractivity contribution in [3.63, 3.8) is 0 Å². The highest BCUT2D eigenvalue weighted by Crippen LogP contribution is 2.33. The molecule has 2 aromatic rings. The molecule has 6 heteroatoms. The van der Waals surface area contributed by atoms with Gasteiger partial charge in [0, 0.05) is 24.8 Å². The number of benzene rings is 2. The molecule has 0 heterocycles. The normalized spacial score (nSPS) is 12.1. The van der Waals surface area contributed by atoms with Gasteiger partial charge < -0.3 is 20.9 Å². The van der Waals surface area contributed by atoms with Crippen LogP contribution in [-0.4, -0.2) is 30.8 Å². The molecule has 0 aliphatic rings. The van der Waals surface area contributed by atoms with Gasteiger partial charge in [0.2, 0.25) is 5.91 Å². The Balaban J connectivity index is 2.55. The number of hydrogen-bond donors (Lipinski definition) is 3. The zero-order valence-electron chi connectivity index (χ0n) is 17.4. The van der Waals surface area contributed by atoms with Crippen LogP contribution in [0, 0.1) is 17.7 Å². The van der Waals surface area contributed by atoms with Gasteiger partial charge in [0.05, 0.1) is 6.61 Å². The van der Waals surface area contributed by atoms with E-state index in [4.69, 9.17) is 10.5 Å². The molecular weight excluding hydrogens is 371 g/mol. The molecule has 0 saturated carbocycles. The molecule has 4 N–H and O–H groups in total. The molecule has 5 nitrogen and oxygen atoms in total. The molecule has 0 spiro atoms. The Labute approximate surface area is 172 Å². The minimum Gasteiger partial charge on any atom is -0.493 e. The predicted octanol–water partition coefficient (Wildman–Crippen LogP) is 3.52. The fourth-order valence-corrected chi connectivity index (χ4v) is 3.11. The van der Waals surface area contributed by atoms with Crippen LogP contribution in [0.5, 0.6) is 5.75 Å². The number of hydrogen-bond acceptors (Lipinski definition) is 4. The highest BCUT2D eigenvalue weighted by molar-refractivity contribution is 5.90. The molecule has 0 aromatic heterocycles. The maximum atomic E-state index is 13.3. The van der Waals surface area contributed by atoms with Gasteiger partial charge in [-0.3, -0.25) is 4.79 Å². The zero-order valence-corrected chi connectivity index (χ0v) is 17.4. The van der Waals surface area contributed by atoms with Gasteiger partial charge in [-0.2, -0.15) is 0 Å². The zero-order chi connectivity index (χ0) is 21.4. The monoisotopic (exact) mass is 402 g/mol. The summed E-state index contributed by atoms with van der Waals surface area (Å²) in [6.07, 6.45) is 1.01. The summed E-state index contributed by atoms with van der Waals surface area (Å²) < 4.78 is 19.4. The van der Waals surface area contributed by atoms with Crippen LogP contribution >= 0.6 is 0 Å². The lowest BCUT2D eigenvalue weighted by atomic mass is 9.90. The number of carbonyl (C=O) groups is 1. The summed E-state index contributed by atoms with van der Waals surface area (Å²) in [7, 11) is 0. The van der Waals surface area contributed by atoms with Gasteiger partial charge in [0.25, 0.3) is 0 Å². The SMILES string of the molecule is CC(=O)Nc1ccc(OCC(C)C)c(C[C@@H](CN)CO)c1Cc1ccc(F)cc1. The predicted molar refractivity (Wildman–Crippen MR) is 114 cm³/mol. The summed E-state index contributed by atoms with van der Waals surface area (Å²) in [6, 6.07) is 9.97. The van der Waals surface area contributed by atoms with Crippen molar-refractivity contribution in [2.75, 3.05) is 25.1 Å². The number of nitrogens with one attached hydrogen (secondary N) is 1. The van der Waals surface area contributed by atoms with Crippen molar-refractivity contribution in [1.29, 1.82) is 0 Å². The van der Waals surface area contributed by atoms with Crippen LogP contribution in [0.15, 0.2) is 36.4 Å². The number of halogens is 1. The highest BCUT2D eigenvalue weighted by atomic mass is 19.1. The van der Waals surface area contributed by atoms with Crippen molar-refractivity contribution in [3.8, 4) is 5.75 Å². The molecule has 0 aliphatic carbocycles. The number of nitrogens with two attached hydrogens (primary N) is 1. The number of ether oxygens (including phenoxy) is 1. The Morgan fingerprint density at radius 1 is 1.17 bits per heavy atom. The van der Waals surface area contributed by atoms with Gasteiger partial charge >= 0.3 is 0 Å². The molecule has 1 amide bonds. The third-order valence-corrected chi connectivity index (χ3v) is 4.65. The molecule has 0 bridgehead atoms. The van der Waals surface area contributed by atoms with Gasteiger partial charge in [-0.1, -0.05) is 26.0 Å². The summed E-state index contributed by atoms with van der Waals surface area (Å²) in [5, 5.41) is 12.6. The lowest BCUT2D eigenvalue weighted by Gasteiger charge is -2.23. The Morgan fingerprint density at radius 2 is 1.86 bits per heavy atom. The number of aliphatic hydroxyl groups is 1. The second kappa shape index (κ2) is 10.9. The Morgan fingerprint density at radius 3 is 2.41 bits per heavy atom. The summed E-state index contributed by atoms with van der Waals surface area (Å²) >= 11 is 0. The molecule has 0 aliphatic heterocycles. The summed E-state index contributed by atoms with van der Waals surface area (Å²) in [5.41, 5.74) is 9.22. The molecule has 2 aromatic carbocycles. The van der Waals surface area contributed by atoms with E-state index >= 15 is 0 Å². The molecule has 158 valence electrons. The molecule has 29 heavy (non-hydrogen) atoms. The van der Waals surface area contributed by atoms with E-state index in [1.165, 1.54) is 19.1 Å². The smallest absolute Gasteiger partial charge is 0.221 e. The highest BCUT2D eigenvalue weighted by Gasteiger charge is 2.19. The molecule has 0 radical (unpaired) electrons. The van der Waals surface area contributed by atoms with Gasteiger partial charge in [0.1, 0.15) is 11.6 Å². The van der Waals surface area contributed by atoms with Crippen LogP contribution in [0.2, 0.25) is 0 Å². The first-order valence-electron chi connectivity index (χ1n) is 9.94. The van der Waals surface area contributed by atoms with Crippen LogP contribution in [-0.2, 0) is 17.6 Å². The second-order valence-corrected chi connectivity index (χ2v) is 7.75. The van der Waals surface area contributed by atoms with E-state index in [1.54, 1.807) is 12.1 Å². The van der Waals surface area contributed by atoms with Gasteiger partial charge in [-0.25, -0.2) is 4.39 Å². The molecule has 0 fully saturated rings. The van der Waals surface area contributed by atoms with Gasteiger partial charge in [-0.15, -0.1) is 0 Å². The maximum Gasteiger partial charge on any atom is 0.221 e. The van der Waals surface area contributed by atoms with E-state index in [-0.39, 0.29) is 24.2 Å². The van der Waals surface area contributed by atoms with Crippen LogP contribution in [0.1, 0.15) is 37.5 Å². The second-order valence-electron chi connectivity index (χ2n) is 7.75. The molecule has 2 rings (SSSR count). The van der Waals surface area contributed by atoms with Crippen LogP contribution in [0.3, 0.4) is 0 Å². The fraction of sp³-hybridized carbons (Fsp3) is 0.435. The fourth-order valence-electron chi connectivity index (χ4n) is 3.11. The lowest BCUT2D eigenvalue weighted by Crippen LogP contribution is -2.22. The van der Waals surface area contributed by atoms with Crippen molar-refractivity contribution in [2.24, 2.45) is 17.6 Å². The first kappa shape index (κ1) is 22.8. The molecular formula is C23H31FN2O3. The first-order valence-corrected chi connectivity index (χ1v) is 9.94. The van der Waals surface area contributed by atoms with Crippen molar-refractivity contribution < 1.29 is 19.0 Å². The number of amides is 1. The van der Waals surface area contributed by atoms with E-state index in [2.05, 4.69) is 19.2 Å². The van der Waals surface area contributed by atoms with Crippen LogP contribution < -0.4 is 15.8 Å². The first-order chi connectivity index (χ1) is 13.8. The Hall–Kier alpha value is -2.44. The quantitative estimate of drug-likeness (QED) is 0.568. The van der Waals surface area contributed by atoms with E-state index in [9.17, 15) is 14.3 Å². The van der Waals surface area contributed by atoms with E-state index < -0.39 is 0 Å². The van der Waals surface area contributed by atoms with Gasteiger partial charge in [0.15, 0.2) is 0 Å². The van der Waals surface area contributed by atoms with Crippen molar-refractivity contribution in [3.05, 3.63) is 58.9 Å².